The minimum Gasteiger partial charge on any atom is -0.177 e. The molecule has 2 aromatic heterocycles. The predicted octanol–water partition coefficient (Wildman–Crippen LogP) is -7.59. The van der Waals surface area contributed by atoms with E-state index in [1.165, 1.54) is 12.7 Å². The van der Waals surface area contributed by atoms with E-state index in [1.54, 1.807) is 0 Å². The van der Waals surface area contributed by atoms with E-state index in [1.807, 2.05) is 0 Å². The van der Waals surface area contributed by atoms with Gasteiger partial charge in [-0.2, -0.15) is 10.4 Å². The van der Waals surface area contributed by atoms with Gasteiger partial charge in [0.25, 0.3) is 0 Å². The second-order valence-corrected chi connectivity index (χ2v) is 1.12. The van der Waals surface area contributed by atoms with E-state index in [2.05, 4.69) is 41.2 Å². The normalized spacial score (nSPS) is 6.67. The van der Waals surface area contributed by atoms with Crippen molar-refractivity contribution in [3.63, 3.8) is 0 Å². The first-order valence-corrected chi connectivity index (χ1v) is 2.33. The van der Waals surface area contributed by atoms with Gasteiger partial charge in [0.2, 0.25) is 0 Å². The summed E-state index contributed by atoms with van der Waals surface area (Å²) in [4.78, 5) is 0. The molecule has 2 N–H and O–H groups in total. The van der Waals surface area contributed by atoms with E-state index < -0.39 is 0 Å². The average molecular weight is 186 g/mol. The topological polar surface area (TPSA) is 109 Å². The van der Waals surface area contributed by atoms with Gasteiger partial charge in [-0.3, -0.25) is 0 Å². The molecular formula is C2H4N8Na2+2. The molecule has 0 saturated heterocycles. The number of nitrogens with one attached hydrogen (secondary N) is 2. The van der Waals surface area contributed by atoms with Gasteiger partial charge in [0.15, 0.2) is 12.7 Å². The monoisotopic (exact) mass is 186 g/mol. The molecule has 0 atom stereocenters. The van der Waals surface area contributed by atoms with Gasteiger partial charge in [-0.15, -0.1) is 20.4 Å². The number of hydrogen-bond donors (Lipinski definition) is 2. The summed E-state index contributed by atoms with van der Waals surface area (Å²) in [7, 11) is 0. The van der Waals surface area contributed by atoms with Crippen LogP contribution in [0, 0.1) is 0 Å². The molecule has 2 heterocycles. The van der Waals surface area contributed by atoms with Gasteiger partial charge in [0.05, 0.1) is 0 Å². The number of H-pyrrole nitrogens is 2. The summed E-state index contributed by atoms with van der Waals surface area (Å²) < 4.78 is 0. The molecule has 0 aliphatic rings. The molecule has 0 fully saturated rings. The number of tetrazole rings is 2. The van der Waals surface area contributed by atoms with E-state index in [-0.39, 0.29) is 59.1 Å². The van der Waals surface area contributed by atoms with Crippen molar-refractivity contribution in [2.24, 2.45) is 0 Å². The number of nitrogens with zero attached hydrogens (tertiary/aromatic N) is 6. The zero-order valence-corrected chi connectivity index (χ0v) is 10.8. The van der Waals surface area contributed by atoms with Crippen LogP contribution in [0.2, 0.25) is 0 Å². The maximum atomic E-state index is 3.38. The first-order chi connectivity index (χ1) is 5.00. The molecule has 0 saturated carbocycles. The molecule has 0 aromatic carbocycles. The van der Waals surface area contributed by atoms with E-state index >= 15 is 0 Å². The molecule has 2 rings (SSSR count). The minimum absolute atomic E-state index is 0. The second-order valence-electron chi connectivity index (χ2n) is 1.12. The minimum atomic E-state index is 0. The van der Waals surface area contributed by atoms with Crippen LogP contribution in [-0.2, 0) is 0 Å². The van der Waals surface area contributed by atoms with E-state index in [0.29, 0.717) is 0 Å². The van der Waals surface area contributed by atoms with Crippen LogP contribution in [0.15, 0.2) is 12.7 Å². The van der Waals surface area contributed by atoms with Crippen LogP contribution in [0.5, 0.6) is 0 Å². The van der Waals surface area contributed by atoms with Gasteiger partial charge in [-0.05, 0) is 0 Å². The van der Waals surface area contributed by atoms with Crippen LogP contribution in [0.1, 0.15) is 0 Å². The molecule has 10 heteroatoms. The van der Waals surface area contributed by atoms with Crippen molar-refractivity contribution in [2.45, 2.75) is 0 Å². The van der Waals surface area contributed by atoms with Crippen molar-refractivity contribution in [2.75, 3.05) is 0 Å². The smallest absolute Gasteiger partial charge is 0.177 e. The van der Waals surface area contributed by atoms with E-state index in [4.69, 9.17) is 0 Å². The Balaban J connectivity index is 0. The largest absolute Gasteiger partial charge is 1.00 e. The zero-order valence-electron chi connectivity index (χ0n) is 6.84. The van der Waals surface area contributed by atoms with Gasteiger partial charge in [0, 0.05) is 0 Å². The van der Waals surface area contributed by atoms with E-state index in [0.717, 1.165) is 0 Å². The number of rotatable bonds is 0. The average Bonchev–Trinajstić information content (AvgIpc) is 2.67. The predicted molar refractivity (Wildman–Crippen MR) is 28.4 cm³/mol. The molecule has 12 heavy (non-hydrogen) atoms. The number of aromatic nitrogens is 8. The summed E-state index contributed by atoms with van der Waals surface area (Å²) in [6.07, 6.45) is 2.67. The maximum Gasteiger partial charge on any atom is 1.00 e. The Bertz CT molecular complexity index is 154. The molecule has 0 spiro atoms. The maximum absolute atomic E-state index is 3.38. The van der Waals surface area contributed by atoms with Gasteiger partial charge in [0.1, 0.15) is 0 Å². The summed E-state index contributed by atoms with van der Waals surface area (Å²) in [5, 5.41) is 24.3. The summed E-state index contributed by atoms with van der Waals surface area (Å²) in [6, 6.07) is 0. The SMILES string of the molecule is [Na+].[Na+].c1nn[nH]n1.c1nn[nH]n1. The Morgan fingerprint density at radius 3 is 1.25 bits per heavy atom. The van der Waals surface area contributed by atoms with Gasteiger partial charge in [-0.25, -0.2) is 0 Å². The third-order valence-corrected chi connectivity index (χ3v) is 0.539. The van der Waals surface area contributed by atoms with Crippen LogP contribution in [0.3, 0.4) is 0 Å². The first-order valence-electron chi connectivity index (χ1n) is 2.33. The molecule has 0 aliphatic heterocycles. The Labute approximate surface area is 112 Å². The van der Waals surface area contributed by atoms with Crippen LogP contribution in [0.25, 0.3) is 0 Å². The van der Waals surface area contributed by atoms with Gasteiger partial charge in [-0.1, -0.05) is 10.4 Å². The third kappa shape index (κ3) is 8.24. The molecule has 52 valence electrons. The molecule has 0 amide bonds. The fraction of sp³-hybridized carbons (Fsp3) is 0. The third-order valence-electron chi connectivity index (χ3n) is 0.539. The van der Waals surface area contributed by atoms with Crippen LogP contribution in [-0.4, -0.2) is 41.2 Å². The van der Waals surface area contributed by atoms with Crippen molar-refractivity contribution >= 4 is 0 Å². The van der Waals surface area contributed by atoms with Crippen molar-refractivity contribution in [1.82, 2.24) is 41.2 Å². The van der Waals surface area contributed by atoms with Crippen molar-refractivity contribution in [3.8, 4) is 0 Å². The van der Waals surface area contributed by atoms with E-state index in [9.17, 15) is 0 Å². The van der Waals surface area contributed by atoms with Gasteiger partial charge < -0.3 is 0 Å². The molecular weight excluding hydrogens is 182 g/mol. The molecule has 0 aliphatic carbocycles. The van der Waals surface area contributed by atoms with Crippen molar-refractivity contribution < 1.29 is 59.1 Å². The second kappa shape index (κ2) is 11.1. The Morgan fingerprint density at radius 2 is 1.17 bits per heavy atom. The molecule has 8 nitrogen and oxygen atoms in total. The Kier molecular flexibility index (Phi) is 13.6. The van der Waals surface area contributed by atoms with Crippen molar-refractivity contribution in [3.05, 3.63) is 12.7 Å². The first kappa shape index (κ1) is 14.7. The standard InChI is InChI=1S/2CH2N4.2Na/c2*1-2-4-5-3-1;;/h2*1H,(H,2,3,4,5);;/q;;2*+1. The number of hydrogen-bond acceptors (Lipinski definition) is 6. The Hall–Kier alpha value is 0.140. The fourth-order valence-corrected chi connectivity index (χ4v) is 0.258. The molecule has 2 aromatic rings. The molecule has 0 radical (unpaired) electrons. The molecule has 0 unspecified atom stereocenters. The van der Waals surface area contributed by atoms with Crippen LogP contribution < -0.4 is 59.1 Å². The summed E-state index contributed by atoms with van der Waals surface area (Å²) >= 11 is 0. The van der Waals surface area contributed by atoms with Crippen LogP contribution >= 0.6 is 0 Å². The molecule has 0 bridgehead atoms. The fourth-order valence-electron chi connectivity index (χ4n) is 0.258. The summed E-state index contributed by atoms with van der Waals surface area (Å²) in [5.41, 5.74) is 0. The summed E-state index contributed by atoms with van der Waals surface area (Å²) in [6.45, 7) is 0. The van der Waals surface area contributed by atoms with Crippen LogP contribution in [0.4, 0.5) is 0 Å². The quantitative estimate of drug-likeness (QED) is 0.395. The number of aromatic amines is 2. The van der Waals surface area contributed by atoms with Crippen molar-refractivity contribution in [1.29, 1.82) is 0 Å². The Morgan fingerprint density at radius 1 is 0.750 bits per heavy atom. The van der Waals surface area contributed by atoms with Gasteiger partial charge >= 0.3 is 59.1 Å². The summed E-state index contributed by atoms with van der Waals surface area (Å²) in [5.74, 6) is 0. The zero-order chi connectivity index (χ0) is 7.07.